The molecule has 1 aliphatic carbocycles. The molecule has 2 aliphatic rings. The average Bonchev–Trinajstić information content (AvgIpc) is 2.38. The summed E-state index contributed by atoms with van der Waals surface area (Å²) in [6, 6.07) is 1.46. The molecule has 0 aromatic rings. The van der Waals surface area contributed by atoms with Crippen molar-refractivity contribution in [1.29, 1.82) is 0 Å². The van der Waals surface area contributed by atoms with Gasteiger partial charge < -0.3 is 5.32 Å². The lowest BCUT2D eigenvalue weighted by Crippen LogP contribution is -2.55. The molecule has 1 saturated heterocycles. The number of hydrogen-bond acceptors (Lipinski definition) is 2. The minimum Gasteiger partial charge on any atom is -0.311 e. The lowest BCUT2D eigenvalue weighted by Gasteiger charge is -2.40. The van der Waals surface area contributed by atoms with E-state index < -0.39 is 0 Å². The highest BCUT2D eigenvalue weighted by Crippen LogP contribution is 2.30. The van der Waals surface area contributed by atoms with Gasteiger partial charge in [-0.15, -0.1) is 0 Å². The lowest BCUT2D eigenvalue weighted by molar-refractivity contribution is 0.117. The first-order valence-electron chi connectivity index (χ1n) is 8.16. The molecule has 0 aromatic carbocycles. The van der Waals surface area contributed by atoms with Crippen molar-refractivity contribution in [3.63, 3.8) is 0 Å². The summed E-state index contributed by atoms with van der Waals surface area (Å²) in [6.07, 6.45) is 8.65. The van der Waals surface area contributed by atoms with E-state index in [9.17, 15) is 0 Å². The highest BCUT2D eigenvalue weighted by atomic mass is 15.2. The third-order valence-corrected chi connectivity index (χ3v) is 5.16. The van der Waals surface area contributed by atoms with Gasteiger partial charge in [0.15, 0.2) is 0 Å². The normalized spacial score (nSPS) is 38.8. The van der Waals surface area contributed by atoms with E-state index in [1.807, 2.05) is 0 Å². The van der Waals surface area contributed by atoms with Gasteiger partial charge in [0.2, 0.25) is 0 Å². The molecule has 2 rings (SSSR count). The molecule has 1 aliphatic heterocycles. The van der Waals surface area contributed by atoms with Gasteiger partial charge in [-0.25, -0.2) is 0 Å². The van der Waals surface area contributed by atoms with Crippen molar-refractivity contribution < 1.29 is 0 Å². The summed E-state index contributed by atoms with van der Waals surface area (Å²) < 4.78 is 0. The molecule has 2 fully saturated rings. The number of nitrogens with zero attached hydrogens (tertiary/aromatic N) is 1. The number of rotatable bonds is 4. The van der Waals surface area contributed by atoms with E-state index in [0.29, 0.717) is 6.04 Å². The van der Waals surface area contributed by atoms with E-state index >= 15 is 0 Å². The predicted octanol–water partition coefficient (Wildman–Crippen LogP) is 3.28. The third kappa shape index (κ3) is 3.96. The molecular formula is C16H32N2. The van der Waals surface area contributed by atoms with Crippen LogP contribution >= 0.6 is 0 Å². The molecule has 18 heavy (non-hydrogen) atoms. The molecule has 1 heterocycles. The fourth-order valence-electron chi connectivity index (χ4n) is 3.67. The molecule has 2 heteroatoms. The molecule has 2 atom stereocenters. The molecule has 0 aromatic heterocycles. The highest BCUT2D eigenvalue weighted by Gasteiger charge is 2.25. The molecule has 0 bridgehead atoms. The van der Waals surface area contributed by atoms with Crippen molar-refractivity contribution in [2.75, 3.05) is 19.6 Å². The van der Waals surface area contributed by atoms with Crippen LogP contribution in [-0.4, -0.2) is 36.6 Å². The zero-order valence-corrected chi connectivity index (χ0v) is 12.6. The number of hydrogen-bond donors (Lipinski definition) is 1. The Kier molecular flexibility index (Phi) is 5.50. The van der Waals surface area contributed by atoms with Gasteiger partial charge in [0.1, 0.15) is 0 Å². The largest absolute Gasteiger partial charge is 0.311 e. The fraction of sp³-hybridized carbons (Fsp3) is 1.00. The number of piperazine rings is 1. The maximum Gasteiger partial charge on any atom is 0.0218 e. The van der Waals surface area contributed by atoms with E-state index in [4.69, 9.17) is 0 Å². The van der Waals surface area contributed by atoms with Gasteiger partial charge in [-0.3, -0.25) is 4.90 Å². The van der Waals surface area contributed by atoms with Crippen LogP contribution in [0.15, 0.2) is 0 Å². The van der Waals surface area contributed by atoms with Crippen LogP contribution in [0.1, 0.15) is 59.3 Å². The standard InChI is InChI=1S/C16H32N2/c1-4-16-11-17-14(3)12-18(16)10-9-15-7-5-13(2)6-8-15/h13-17H,4-12H2,1-3H3. The van der Waals surface area contributed by atoms with Crippen LogP contribution in [0.5, 0.6) is 0 Å². The van der Waals surface area contributed by atoms with Crippen molar-refractivity contribution in [3.05, 3.63) is 0 Å². The van der Waals surface area contributed by atoms with Crippen LogP contribution in [-0.2, 0) is 0 Å². The van der Waals surface area contributed by atoms with Crippen LogP contribution < -0.4 is 5.32 Å². The average molecular weight is 252 g/mol. The first kappa shape index (κ1) is 14.3. The van der Waals surface area contributed by atoms with Crippen molar-refractivity contribution in [2.45, 2.75) is 71.4 Å². The minimum absolute atomic E-state index is 0.680. The Bertz CT molecular complexity index is 233. The summed E-state index contributed by atoms with van der Waals surface area (Å²) in [5.74, 6) is 2.01. The first-order chi connectivity index (χ1) is 8.69. The van der Waals surface area contributed by atoms with Crippen molar-refractivity contribution in [3.8, 4) is 0 Å². The Morgan fingerprint density at radius 1 is 1.11 bits per heavy atom. The Morgan fingerprint density at radius 2 is 1.83 bits per heavy atom. The molecule has 2 unspecified atom stereocenters. The van der Waals surface area contributed by atoms with Crippen molar-refractivity contribution >= 4 is 0 Å². The van der Waals surface area contributed by atoms with E-state index in [1.54, 1.807) is 0 Å². The SMILES string of the molecule is CCC1CNC(C)CN1CCC1CCC(C)CC1. The molecule has 0 radical (unpaired) electrons. The van der Waals surface area contributed by atoms with Crippen LogP contribution in [0.3, 0.4) is 0 Å². The van der Waals surface area contributed by atoms with Crippen LogP contribution in [0.25, 0.3) is 0 Å². The van der Waals surface area contributed by atoms with Gasteiger partial charge in [0, 0.05) is 25.2 Å². The van der Waals surface area contributed by atoms with Gasteiger partial charge >= 0.3 is 0 Å². The highest BCUT2D eigenvalue weighted by molar-refractivity contribution is 4.84. The van der Waals surface area contributed by atoms with Gasteiger partial charge in [0.25, 0.3) is 0 Å². The van der Waals surface area contributed by atoms with Crippen LogP contribution in [0.4, 0.5) is 0 Å². The summed E-state index contributed by atoms with van der Waals surface area (Å²) in [5.41, 5.74) is 0. The second-order valence-corrected chi connectivity index (χ2v) is 6.78. The molecule has 1 N–H and O–H groups in total. The smallest absolute Gasteiger partial charge is 0.0218 e. The molecule has 2 nitrogen and oxygen atoms in total. The third-order valence-electron chi connectivity index (χ3n) is 5.16. The zero-order chi connectivity index (χ0) is 13.0. The lowest BCUT2D eigenvalue weighted by atomic mass is 9.81. The summed E-state index contributed by atoms with van der Waals surface area (Å²) in [4.78, 5) is 2.75. The van der Waals surface area contributed by atoms with Crippen molar-refractivity contribution in [1.82, 2.24) is 10.2 Å². The van der Waals surface area contributed by atoms with E-state index in [-0.39, 0.29) is 0 Å². The maximum absolute atomic E-state index is 3.62. The summed E-state index contributed by atoms with van der Waals surface area (Å²) in [7, 11) is 0. The van der Waals surface area contributed by atoms with Crippen molar-refractivity contribution in [2.24, 2.45) is 11.8 Å². The Labute approximate surface area is 114 Å². The zero-order valence-electron chi connectivity index (χ0n) is 12.6. The van der Waals surface area contributed by atoms with E-state index in [1.165, 1.54) is 58.2 Å². The van der Waals surface area contributed by atoms with E-state index in [0.717, 1.165) is 17.9 Å². The van der Waals surface area contributed by atoms with Crippen LogP contribution in [0.2, 0.25) is 0 Å². The quantitative estimate of drug-likeness (QED) is 0.826. The second kappa shape index (κ2) is 6.91. The molecule has 0 spiro atoms. The van der Waals surface area contributed by atoms with E-state index in [2.05, 4.69) is 31.0 Å². The summed E-state index contributed by atoms with van der Waals surface area (Å²) >= 11 is 0. The summed E-state index contributed by atoms with van der Waals surface area (Å²) in [6.45, 7) is 10.9. The molecular weight excluding hydrogens is 220 g/mol. The van der Waals surface area contributed by atoms with Gasteiger partial charge in [-0.05, 0) is 38.1 Å². The molecule has 106 valence electrons. The minimum atomic E-state index is 0.680. The topological polar surface area (TPSA) is 15.3 Å². The Balaban J connectivity index is 1.73. The monoisotopic (exact) mass is 252 g/mol. The Hall–Kier alpha value is -0.0800. The molecule has 0 amide bonds. The fourth-order valence-corrected chi connectivity index (χ4v) is 3.67. The van der Waals surface area contributed by atoms with Crippen LogP contribution in [0, 0.1) is 11.8 Å². The summed E-state index contributed by atoms with van der Waals surface area (Å²) in [5, 5.41) is 3.62. The Morgan fingerprint density at radius 3 is 2.50 bits per heavy atom. The maximum atomic E-state index is 3.62. The van der Waals surface area contributed by atoms with Gasteiger partial charge in [-0.1, -0.05) is 39.5 Å². The second-order valence-electron chi connectivity index (χ2n) is 6.78. The van der Waals surface area contributed by atoms with Gasteiger partial charge in [0.05, 0.1) is 0 Å². The van der Waals surface area contributed by atoms with Gasteiger partial charge in [-0.2, -0.15) is 0 Å². The molecule has 1 saturated carbocycles. The first-order valence-corrected chi connectivity index (χ1v) is 8.16. The predicted molar refractivity (Wildman–Crippen MR) is 78.9 cm³/mol. The number of nitrogens with one attached hydrogen (secondary N) is 1.